The fourth-order valence-electron chi connectivity index (χ4n) is 3.36. The highest BCUT2D eigenvalue weighted by Crippen LogP contribution is 2.24. The van der Waals surface area contributed by atoms with Gasteiger partial charge in [-0.25, -0.2) is 9.97 Å². The van der Waals surface area contributed by atoms with Gasteiger partial charge in [0.25, 0.3) is 5.91 Å². The minimum absolute atomic E-state index is 0.0433. The van der Waals surface area contributed by atoms with Crippen molar-refractivity contribution in [1.82, 2.24) is 19.8 Å². The molecule has 2 aliphatic rings. The average molecular weight is 304 g/mol. The second-order valence-electron chi connectivity index (χ2n) is 6.47. The maximum Gasteiger partial charge on any atom is 0.257 e. The maximum atomic E-state index is 12.9. The molecule has 0 spiro atoms. The number of carbonyl (C=O) groups excluding carboxylic acids is 1. The minimum atomic E-state index is 0.0433. The number of morpholine rings is 1. The van der Waals surface area contributed by atoms with E-state index >= 15 is 0 Å². The Morgan fingerprint density at radius 2 is 2.23 bits per heavy atom. The Balaban J connectivity index is 1.78. The number of likely N-dealkylation sites (N-methyl/N-ethyl adjacent to an activating group) is 1. The lowest BCUT2D eigenvalue weighted by molar-refractivity contribution is -0.0893. The fraction of sp³-hybridized carbons (Fsp3) is 0.688. The molecule has 3 heterocycles. The molecule has 22 heavy (non-hydrogen) atoms. The van der Waals surface area contributed by atoms with Crippen molar-refractivity contribution in [2.24, 2.45) is 0 Å². The summed E-state index contributed by atoms with van der Waals surface area (Å²) in [6.07, 6.45) is 4.31. The zero-order valence-electron chi connectivity index (χ0n) is 13.5. The van der Waals surface area contributed by atoms with Gasteiger partial charge >= 0.3 is 0 Å². The van der Waals surface area contributed by atoms with Crippen molar-refractivity contribution in [3.05, 3.63) is 23.8 Å². The first kappa shape index (κ1) is 15.4. The summed E-state index contributed by atoms with van der Waals surface area (Å²) in [5, 5.41) is 0. The molecule has 0 N–H and O–H groups in total. The summed E-state index contributed by atoms with van der Waals surface area (Å²) in [7, 11) is 2.11. The van der Waals surface area contributed by atoms with E-state index in [0.29, 0.717) is 18.2 Å². The molecule has 6 nitrogen and oxygen atoms in total. The van der Waals surface area contributed by atoms with Crippen molar-refractivity contribution in [1.29, 1.82) is 0 Å². The zero-order valence-corrected chi connectivity index (χ0v) is 13.5. The van der Waals surface area contributed by atoms with E-state index in [1.165, 1.54) is 6.33 Å². The van der Waals surface area contributed by atoms with Gasteiger partial charge in [0.2, 0.25) is 0 Å². The Labute approximate surface area is 131 Å². The van der Waals surface area contributed by atoms with Crippen molar-refractivity contribution in [3.8, 4) is 0 Å². The number of aromatic nitrogens is 2. The number of amides is 1. The molecular formula is C16H24N4O2. The van der Waals surface area contributed by atoms with Gasteiger partial charge in [0.05, 0.1) is 30.0 Å². The van der Waals surface area contributed by atoms with Gasteiger partial charge < -0.3 is 9.64 Å². The number of piperidine rings is 1. The van der Waals surface area contributed by atoms with E-state index in [2.05, 4.69) is 21.9 Å². The summed E-state index contributed by atoms with van der Waals surface area (Å²) in [6, 6.07) is 0.290. The number of fused-ring (bicyclic) bond motifs is 1. The molecular weight excluding hydrogens is 280 g/mol. The van der Waals surface area contributed by atoms with Gasteiger partial charge in [-0.3, -0.25) is 9.69 Å². The molecule has 3 rings (SSSR count). The molecule has 120 valence electrons. The van der Waals surface area contributed by atoms with E-state index in [1.54, 1.807) is 6.20 Å². The highest BCUT2D eigenvalue weighted by Gasteiger charge is 2.37. The maximum absolute atomic E-state index is 12.9. The lowest BCUT2D eigenvalue weighted by Gasteiger charge is -2.45. The van der Waals surface area contributed by atoms with E-state index < -0.39 is 0 Å². The second-order valence-corrected chi connectivity index (χ2v) is 6.47. The number of carbonyl (C=O) groups is 1. The molecule has 1 aromatic heterocycles. The highest BCUT2D eigenvalue weighted by atomic mass is 16.5. The van der Waals surface area contributed by atoms with Crippen LogP contribution in [-0.2, 0) is 4.74 Å². The molecule has 2 atom stereocenters. The van der Waals surface area contributed by atoms with Crippen LogP contribution >= 0.6 is 0 Å². The van der Waals surface area contributed by atoms with E-state index in [-0.39, 0.29) is 17.9 Å². The summed E-state index contributed by atoms with van der Waals surface area (Å²) in [6.45, 7) is 7.26. The highest BCUT2D eigenvalue weighted by molar-refractivity contribution is 5.95. The summed E-state index contributed by atoms with van der Waals surface area (Å²) in [5.74, 6) is 0.252. The van der Waals surface area contributed by atoms with Gasteiger partial charge in [-0.1, -0.05) is 13.8 Å². The number of nitrogens with zero attached hydrogens (tertiary/aromatic N) is 4. The quantitative estimate of drug-likeness (QED) is 0.820. The topological polar surface area (TPSA) is 58.6 Å². The predicted octanol–water partition coefficient (Wildman–Crippen LogP) is 1.15. The standard InChI is InChI=1S/C16H24N4O2/c1-11(2)15-12(8-17-10-18-15)16(21)20-5-4-14-13(9-20)19(3)6-7-22-14/h8,10-11,13-14H,4-7,9H2,1-3H3/t13-,14-/m0/s1. The van der Waals surface area contributed by atoms with Crippen LogP contribution in [0.1, 0.15) is 42.2 Å². The third kappa shape index (κ3) is 2.85. The number of hydrogen-bond acceptors (Lipinski definition) is 5. The molecule has 0 saturated carbocycles. The lowest BCUT2D eigenvalue weighted by Crippen LogP contribution is -2.59. The Bertz CT molecular complexity index is 549. The lowest BCUT2D eigenvalue weighted by atomic mass is 9.97. The molecule has 1 amide bonds. The summed E-state index contributed by atoms with van der Waals surface area (Å²) in [4.78, 5) is 25.5. The molecule has 1 aromatic rings. The molecule has 2 aliphatic heterocycles. The number of hydrogen-bond donors (Lipinski definition) is 0. The average Bonchev–Trinajstić information content (AvgIpc) is 2.54. The van der Waals surface area contributed by atoms with Crippen molar-refractivity contribution in [2.75, 3.05) is 33.3 Å². The summed E-state index contributed by atoms with van der Waals surface area (Å²) >= 11 is 0. The van der Waals surface area contributed by atoms with Crippen LogP contribution in [0.15, 0.2) is 12.5 Å². The first-order valence-corrected chi connectivity index (χ1v) is 7.99. The predicted molar refractivity (Wildman–Crippen MR) is 82.8 cm³/mol. The van der Waals surface area contributed by atoms with Crippen LogP contribution in [0.5, 0.6) is 0 Å². The minimum Gasteiger partial charge on any atom is -0.375 e. The van der Waals surface area contributed by atoms with E-state index in [9.17, 15) is 4.79 Å². The van der Waals surface area contributed by atoms with Crippen LogP contribution in [-0.4, -0.2) is 71.1 Å². The van der Waals surface area contributed by atoms with E-state index in [0.717, 1.165) is 31.8 Å². The largest absolute Gasteiger partial charge is 0.375 e. The van der Waals surface area contributed by atoms with Gasteiger partial charge in [-0.2, -0.15) is 0 Å². The molecule has 2 fully saturated rings. The summed E-state index contributed by atoms with van der Waals surface area (Å²) in [5.41, 5.74) is 1.46. The molecule has 0 radical (unpaired) electrons. The Morgan fingerprint density at radius 3 is 3.00 bits per heavy atom. The van der Waals surface area contributed by atoms with Crippen LogP contribution in [0, 0.1) is 0 Å². The number of ether oxygens (including phenoxy) is 1. The van der Waals surface area contributed by atoms with Gasteiger partial charge in [0.1, 0.15) is 6.33 Å². The van der Waals surface area contributed by atoms with Crippen molar-refractivity contribution < 1.29 is 9.53 Å². The SMILES string of the molecule is CC(C)c1ncncc1C(=O)N1CC[C@@H]2OCCN(C)[C@H]2C1. The van der Waals surface area contributed by atoms with Gasteiger partial charge in [0, 0.05) is 25.8 Å². The zero-order chi connectivity index (χ0) is 15.7. The van der Waals surface area contributed by atoms with Crippen LogP contribution in [0.25, 0.3) is 0 Å². The Hall–Kier alpha value is -1.53. The third-order valence-corrected chi connectivity index (χ3v) is 4.67. The van der Waals surface area contributed by atoms with Crippen LogP contribution in [0.3, 0.4) is 0 Å². The van der Waals surface area contributed by atoms with Gasteiger partial charge in [-0.15, -0.1) is 0 Å². The van der Waals surface area contributed by atoms with E-state index in [4.69, 9.17) is 4.74 Å². The molecule has 0 aliphatic carbocycles. The van der Waals surface area contributed by atoms with Gasteiger partial charge in [0.15, 0.2) is 0 Å². The fourth-order valence-corrected chi connectivity index (χ4v) is 3.36. The third-order valence-electron chi connectivity index (χ3n) is 4.67. The summed E-state index contributed by atoms with van der Waals surface area (Å²) < 4.78 is 5.84. The van der Waals surface area contributed by atoms with Crippen molar-refractivity contribution in [2.45, 2.75) is 38.3 Å². The Kier molecular flexibility index (Phi) is 4.40. The number of rotatable bonds is 2. The van der Waals surface area contributed by atoms with Crippen LogP contribution in [0.4, 0.5) is 0 Å². The molecule has 6 heteroatoms. The second kappa shape index (κ2) is 6.30. The normalized spacial score (nSPS) is 26.1. The van der Waals surface area contributed by atoms with Crippen molar-refractivity contribution >= 4 is 5.91 Å². The van der Waals surface area contributed by atoms with Crippen LogP contribution in [0.2, 0.25) is 0 Å². The monoisotopic (exact) mass is 304 g/mol. The Morgan fingerprint density at radius 1 is 1.41 bits per heavy atom. The smallest absolute Gasteiger partial charge is 0.257 e. The van der Waals surface area contributed by atoms with Crippen LogP contribution < -0.4 is 0 Å². The van der Waals surface area contributed by atoms with Gasteiger partial charge in [-0.05, 0) is 19.4 Å². The van der Waals surface area contributed by atoms with E-state index in [1.807, 2.05) is 18.7 Å². The first-order chi connectivity index (χ1) is 10.6. The molecule has 0 unspecified atom stereocenters. The van der Waals surface area contributed by atoms with Crippen molar-refractivity contribution in [3.63, 3.8) is 0 Å². The molecule has 0 aromatic carbocycles. The molecule has 0 bridgehead atoms. The first-order valence-electron chi connectivity index (χ1n) is 7.99. The molecule has 2 saturated heterocycles. The number of likely N-dealkylation sites (tertiary alicyclic amines) is 1.